The normalized spacial score (nSPS) is 10.5. The number of rotatable bonds is 5. The van der Waals surface area contributed by atoms with Crippen LogP contribution in [0, 0.1) is 10.1 Å². The lowest BCUT2D eigenvalue weighted by molar-refractivity contribution is -0.385. The van der Waals surface area contributed by atoms with E-state index in [1.807, 2.05) is 0 Å². The van der Waals surface area contributed by atoms with Crippen molar-refractivity contribution in [2.24, 2.45) is 0 Å². The molecule has 106 valence electrons. The SMILES string of the molecule is O=C(O)/C=C/c1ccc(Oc2ccccc2[N+](=O)[O-])cc1. The van der Waals surface area contributed by atoms with E-state index in [4.69, 9.17) is 9.84 Å². The molecule has 0 amide bonds. The molecule has 0 aliphatic carbocycles. The summed E-state index contributed by atoms with van der Waals surface area (Å²) < 4.78 is 5.47. The van der Waals surface area contributed by atoms with Crippen molar-refractivity contribution in [2.75, 3.05) is 0 Å². The van der Waals surface area contributed by atoms with Crippen LogP contribution >= 0.6 is 0 Å². The molecule has 0 aliphatic heterocycles. The zero-order valence-corrected chi connectivity index (χ0v) is 10.8. The molecule has 2 rings (SSSR count). The van der Waals surface area contributed by atoms with Gasteiger partial charge in [0.05, 0.1) is 4.92 Å². The second-order valence-electron chi connectivity index (χ2n) is 4.07. The van der Waals surface area contributed by atoms with E-state index in [0.29, 0.717) is 11.3 Å². The minimum atomic E-state index is -1.03. The molecule has 21 heavy (non-hydrogen) atoms. The molecule has 0 fully saturated rings. The highest BCUT2D eigenvalue weighted by Gasteiger charge is 2.14. The van der Waals surface area contributed by atoms with Gasteiger partial charge in [-0.2, -0.15) is 0 Å². The Morgan fingerprint density at radius 1 is 1.14 bits per heavy atom. The van der Waals surface area contributed by atoms with Crippen LogP contribution in [0.2, 0.25) is 0 Å². The number of nitrogens with zero attached hydrogens (tertiary/aromatic N) is 1. The van der Waals surface area contributed by atoms with Gasteiger partial charge >= 0.3 is 11.7 Å². The Morgan fingerprint density at radius 2 is 1.81 bits per heavy atom. The van der Waals surface area contributed by atoms with E-state index in [0.717, 1.165) is 6.08 Å². The van der Waals surface area contributed by atoms with Crippen LogP contribution < -0.4 is 4.74 Å². The molecule has 2 aromatic rings. The van der Waals surface area contributed by atoms with Crippen molar-refractivity contribution < 1.29 is 19.6 Å². The average Bonchev–Trinajstić information content (AvgIpc) is 2.47. The van der Waals surface area contributed by atoms with Crippen molar-refractivity contribution in [3.63, 3.8) is 0 Å². The number of benzene rings is 2. The first-order chi connectivity index (χ1) is 10.1. The summed E-state index contributed by atoms with van der Waals surface area (Å²) in [7, 11) is 0. The van der Waals surface area contributed by atoms with Gasteiger partial charge in [-0.05, 0) is 29.8 Å². The minimum absolute atomic E-state index is 0.118. The zero-order chi connectivity index (χ0) is 15.2. The number of hydrogen-bond donors (Lipinski definition) is 1. The van der Waals surface area contributed by atoms with Gasteiger partial charge in [0, 0.05) is 12.1 Å². The molecule has 1 N–H and O–H groups in total. The number of ether oxygens (including phenoxy) is 1. The maximum atomic E-state index is 10.9. The Hall–Kier alpha value is -3.15. The lowest BCUT2D eigenvalue weighted by atomic mass is 10.2. The van der Waals surface area contributed by atoms with Crippen LogP contribution in [-0.4, -0.2) is 16.0 Å². The third-order valence-electron chi connectivity index (χ3n) is 2.59. The summed E-state index contributed by atoms with van der Waals surface area (Å²) in [5.41, 5.74) is 0.569. The lowest BCUT2D eigenvalue weighted by Crippen LogP contribution is -1.92. The van der Waals surface area contributed by atoms with Crippen molar-refractivity contribution in [3.05, 3.63) is 70.3 Å². The maximum Gasteiger partial charge on any atom is 0.328 e. The molecule has 0 spiro atoms. The first kappa shape index (κ1) is 14.3. The zero-order valence-electron chi connectivity index (χ0n) is 10.8. The monoisotopic (exact) mass is 285 g/mol. The van der Waals surface area contributed by atoms with Gasteiger partial charge in [0.25, 0.3) is 0 Å². The van der Waals surface area contributed by atoms with Crippen molar-refractivity contribution in [2.45, 2.75) is 0 Å². The molecule has 0 unspecified atom stereocenters. The average molecular weight is 285 g/mol. The number of aliphatic carboxylic acids is 1. The molecule has 0 aromatic heterocycles. The predicted octanol–water partition coefficient (Wildman–Crippen LogP) is 3.48. The fourth-order valence-corrected chi connectivity index (χ4v) is 1.64. The predicted molar refractivity (Wildman–Crippen MR) is 76.3 cm³/mol. The van der Waals surface area contributed by atoms with E-state index in [9.17, 15) is 14.9 Å². The highest BCUT2D eigenvalue weighted by Crippen LogP contribution is 2.30. The molecule has 0 saturated carbocycles. The van der Waals surface area contributed by atoms with Crippen LogP contribution in [0.25, 0.3) is 6.08 Å². The Bertz CT molecular complexity index is 691. The number of carbonyl (C=O) groups is 1. The van der Waals surface area contributed by atoms with Gasteiger partial charge in [0.15, 0.2) is 0 Å². The summed E-state index contributed by atoms with van der Waals surface area (Å²) in [6.07, 6.45) is 2.47. The molecule has 0 radical (unpaired) electrons. The Kier molecular flexibility index (Phi) is 4.30. The fourth-order valence-electron chi connectivity index (χ4n) is 1.64. The molecule has 0 atom stereocenters. The van der Waals surface area contributed by atoms with Crippen LogP contribution in [-0.2, 0) is 4.79 Å². The molecule has 0 aliphatic rings. The highest BCUT2D eigenvalue weighted by atomic mass is 16.6. The first-order valence-electron chi connectivity index (χ1n) is 5.98. The van der Waals surface area contributed by atoms with Crippen LogP contribution in [0.4, 0.5) is 5.69 Å². The Labute approximate surface area is 120 Å². The largest absolute Gasteiger partial charge is 0.478 e. The Balaban J connectivity index is 2.18. The van der Waals surface area contributed by atoms with Gasteiger partial charge in [-0.15, -0.1) is 0 Å². The van der Waals surface area contributed by atoms with Crippen LogP contribution in [0.1, 0.15) is 5.56 Å². The smallest absolute Gasteiger partial charge is 0.328 e. The topological polar surface area (TPSA) is 89.7 Å². The summed E-state index contributed by atoms with van der Waals surface area (Å²) in [6.45, 7) is 0. The van der Waals surface area contributed by atoms with E-state index in [2.05, 4.69) is 0 Å². The van der Waals surface area contributed by atoms with E-state index >= 15 is 0 Å². The van der Waals surface area contributed by atoms with Gasteiger partial charge in [-0.1, -0.05) is 24.3 Å². The van der Waals surface area contributed by atoms with Crippen LogP contribution in [0.3, 0.4) is 0 Å². The molecule has 0 heterocycles. The van der Waals surface area contributed by atoms with Gasteiger partial charge in [-0.25, -0.2) is 4.79 Å². The number of nitro benzene ring substituents is 1. The summed E-state index contributed by atoms with van der Waals surface area (Å²) in [4.78, 5) is 20.8. The Morgan fingerprint density at radius 3 is 2.43 bits per heavy atom. The molecular formula is C15H11NO5. The maximum absolute atomic E-state index is 10.9. The summed E-state index contributed by atoms with van der Waals surface area (Å²) in [5, 5.41) is 19.4. The first-order valence-corrected chi connectivity index (χ1v) is 5.98. The molecule has 6 heteroatoms. The number of hydrogen-bond acceptors (Lipinski definition) is 4. The summed E-state index contributed by atoms with van der Waals surface area (Å²) in [5.74, 6) is -0.455. The number of nitro groups is 1. The third kappa shape index (κ3) is 3.90. The molecular weight excluding hydrogens is 274 g/mol. The third-order valence-corrected chi connectivity index (χ3v) is 2.59. The van der Waals surface area contributed by atoms with E-state index < -0.39 is 10.9 Å². The summed E-state index contributed by atoms with van der Waals surface area (Å²) in [6, 6.07) is 12.6. The minimum Gasteiger partial charge on any atom is -0.478 e. The van der Waals surface area contributed by atoms with Crippen molar-refractivity contribution >= 4 is 17.7 Å². The van der Waals surface area contributed by atoms with E-state index in [-0.39, 0.29) is 11.4 Å². The molecule has 6 nitrogen and oxygen atoms in total. The lowest BCUT2D eigenvalue weighted by Gasteiger charge is -2.06. The number of para-hydroxylation sites is 2. The highest BCUT2D eigenvalue weighted by molar-refractivity contribution is 5.85. The van der Waals surface area contributed by atoms with E-state index in [1.165, 1.54) is 18.2 Å². The molecule has 2 aromatic carbocycles. The van der Waals surface area contributed by atoms with Crippen molar-refractivity contribution in [1.82, 2.24) is 0 Å². The molecule has 0 saturated heterocycles. The van der Waals surface area contributed by atoms with Gasteiger partial charge in [0.2, 0.25) is 5.75 Å². The van der Waals surface area contributed by atoms with Crippen LogP contribution in [0.15, 0.2) is 54.6 Å². The van der Waals surface area contributed by atoms with E-state index in [1.54, 1.807) is 36.4 Å². The van der Waals surface area contributed by atoms with Crippen molar-refractivity contribution in [1.29, 1.82) is 0 Å². The quantitative estimate of drug-likeness (QED) is 0.516. The van der Waals surface area contributed by atoms with Gasteiger partial charge in [0.1, 0.15) is 5.75 Å². The second-order valence-corrected chi connectivity index (χ2v) is 4.07. The molecule has 0 bridgehead atoms. The van der Waals surface area contributed by atoms with Crippen LogP contribution in [0.5, 0.6) is 11.5 Å². The number of carboxylic acids is 1. The van der Waals surface area contributed by atoms with Gasteiger partial charge < -0.3 is 9.84 Å². The fraction of sp³-hybridized carbons (Fsp3) is 0. The number of carboxylic acid groups (broad SMARTS) is 1. The summed E-state index contributed by atoms with van der Waals surface area (Å²) >= 11 is 0. The second kappa shape index (κ2) is 6.33. The standard InChI is InChI=1S/C15H11NO5/c17-15(18)10-7-11-5-8-12(9-6-11)21-14-4-2-1-3-13(14)16(19)20/h1-10H,(H,17,18)/b10-7+. The van der Waals surface area contributed by atoms with Crippen molar-refractivity contribution in [3.8, 4) is 11.5 Å². The van der Waals surface area contributed by atoms with Gasteiger partial charge in [-0.3, -0.25) is 10.1 Å².